The van der Waals surface area contributed by atoms with Gasteiger partial charge in [-0.25, -0.2) is 13.1 Å². The van der Waals surface area contributed by atoms with E-state index in [9.17, 15) is 13.2 Å². The molecule has 2 aromatic carbocycles. The molecule has 0 atom stereocenters. The molecule has 7 heteroatoms. The van der Waals surface area contributed by atoms with Crippen molar-refractivity contribution in [2.45, 2.75) is 18.7 Å². The van der Waals surface area contributed by atoms with Crippen LogP contribution in [-0.4, -0.2) is 35.0 Å². The van der Waals surface area contributed by atoms with Gasteiger partial charge in [0, 0.05) is 37.6 Å². The van der Waals surface area contributed by atoms with Crippen molar-refractivity contribution in [2.75, 3.05) is 30.9 Å². The average molecular weight is 375 g/mol. The summed E-state index contributed by atoms with van der Waals surface area (Å²) in [5, 5.41) is 2.80. The number of sulfonamides is 1. The molecule has 0 fully saturated rings. The summed E-state index contributed by atoms with van der Waals surface area (Å²) < 4.78 is 26.9. The molecule has 0 saturated heterocycles. The Hall–Kier alpha value is -2.38. The third-order valence-electron chi connectivity index (χ3n) is 3.75. The van der Waals surface area contributed by atoms with Crippen molar-refractivity contribution in [3.8, 4) is 0 Å². The van der Waals surface area contributed by atoms with Crippen molar-refractivity contribution in [2.24, 2.45) is 5.92 Å². The third-order valence-corrected chi connectivity index (χ3v) is 5.19. The van der Waals surface area contributed by atoms with Crippen molar-refractivity contribution in [1.82, 2.24) is 4.72 Å². The topological polar surface area (TPSA) is 78.5 Å². The highest BCUT2D eigenvalue weighted by molar-refractivity contribution is 7.89. The van der Waals surface area contributed by atoms with E-state index in [1.54, 1.807) is 0 Å². The largest absolute Gasteiger partial charge is 0.378 e. The lowest BCUT2D eigenvalue weighted by atomic mass is 10.2. The van der Waals surface area contributed by atoms with Gasteiger partial charge in [-0.3, -0.25) is 4.79 Å². The van der Waals surface area contributed by atoms with E-state index >= 15 is 0 Å². The molecule has 0 spiro atoms. The molecule has 2 rings (SSSR count). The monoisotopic (exact) mass is 375 g/mol. The van der Waals surface area contributed by atoms with Gasteiger partial charge in [0.05, 0.1) is 4.90 Å². The van der Waals surface area contributed by atoms with Crippen LogP contribution in [0, 0.1) is 5.92 Å². The summed E-state index contributed by atoms with van der Waals surface area (Å²) in [5.74, 6) is -0.0737. The van der Waals surface area contributed by atoms with Crippen LogP contribution in [0.2, 0.25) is 0 Å². The summed E-state index contributed by atoms with van der Waals surface area (Å²) in [6.45, 7) is 4.23. The fraction of sp³-hybridized carbons (Fsp3) is 0.316. The van der Waals surface area contributed by atoms with Crippen LogP contribution in [0.1, 0.15) is 24.2 Å². The van der Waals surface area contributed by atoms with Crippen LogP contribution in [0.25, 0.3) is 0 Å². The van der Waals surface area contributed by atoms with Gasteiger partial charge in [-0.05, 0) is 54.4 Å². The van der Waals surface area contributed by atoms with Gasteiger partial charge in [0.1, 0.15) is 0 Å². The first-order chi connectivity index (χ1) is 12.2. The first kappa shape index (κ1) is 19.9. The lowest BCUT2D eigenvalue weighted by molar-refractivity contribution is 0.102. The Bertz CT molecular complexity index is 843. The zero-order valence-corrected chi connectivity index (χ0v) is 16.3. The van der Waals surface area contributed by atoms with Gasteiger partial charge in [-0.1, -0.05) is 13.8 Å². The van der Waals surface area contributed by atoms with Crippen LogP contribution in [0.3, 0.4) is 0 Å². The number of hydrogen-bond acceptors (Lipinski definition) is 4. The van der Waals surface area contributed by atoms with Crippen LogP contribution < -0.4 is 14.9 Å². The molecule has 2 aromatic rings. The van der Waals surface area contributed by atoms with E-state index in [1.165, 1.54) is 24.3 Å². The maximum atomic E-state index is 12.3. The number of nitrogens with zero attached hydrogens (tertiary/aromatic N) is 1. The van der Waals surface area contributed by atoms with Crippen LogP contribution in [-0.2, 0) is 10.0 Å². The highest BCUT2D eigenvalue weighted by Crippen LogP contribution is 2.17. The highest BCUT2D eigenvalue weighted by atomic mass is 32.2. The molecule has 6 nitrogen and oxygen atoms in total. The number of rotatable bonds is 7. The van der Waals surface area contributed by atoms with Gasteiger partial charge in [0.15, 0.2) is 0 Å². The molecule has 0 bridgehead atoms. The van der Waals surface area contributed by atoms with E-state index in [0.29, 0.717) is 17.8 Å². The molecule has 1 amide bonds. The number of benzene rings is 2. The Kier molecular flexibility index (Phi) is 6.39. The second-order valence-corrected chi connectivity index (χ2v) is 8.43. The van der Waals surface area contributed by atoms with Gasteiger partial charge >= 0.3 is 0 Å². The van der Waals surface area contributed by atoms with Crippen molar-refractivity contribution in [3.63, 3.8) is 0 Å². The zero-order chi connectivity index (χ0) is 19.3. The lowest BCUT2D eigenvalue weighted by Gasteiger charge is -2.13. The van der Waals surface area contributed by atoms with Gasteiger partial charge in [0.25, 0.3) is 5.91 Å². The second-order valence-electron chi connectivity index (χ2n) is 6.67. The lowest BCUT2D eigenvalue weighted by Crippen LogP contribution is -2.27. The predicted octanol–water partition coefficient (Wildman–Crippen LogP) is 2.94. The molecule has 0 radical (unpaired) electrons. The van der Waals surface area contributed by atoms with E-state index in [-0.39, 0.29) is 16.7 Å². The molecule has 0 aliphatic rings. The highest BCUT2D eigenvalue weighted by Gasteiger charge is 2.15. The van der Waals surface area contributed by atoms with E-state index in [0.717, 1.165) is 5.69 Å². The number of amides is 1. The van der Waals surface area contributed by atoms with Crippen molar-refractivity contribution in [3.05, 3.63) is 54.1 Å². The van der Waals surface area contributed by atoms with E-state index in [1.807, 2.05) is 57.1 Å². The van der Waals surface area contributed by atoms with Gasteiger partial charge in [-0.15, -0.1) is 0 Å². The minimum atomic E-state index is -3.56. The Morgan fingerprint density at radius 2 is 1.58 bits per heavy atom. The van der Waals surface area contributed by atoms with Crippen molar-refractivity contribution >= 4 is 27.3 Å². The molecule has 0 saturated carbocycles. The summed E-state index contributed by atoms with van der Waals surface area (Å²) in [4.78, 5) is 14.4. The molecule has 0 aromatic heterocycles. The minimum Gasteiger partial charge on any atom is -0.378 e. The minimum absolute atomic E-state index is 0.144. The van der Waals surface area contributed by atoms with E-state index in [4.69, 9.17) is 0 Å². The summed E-state index contributed by atoms with van der Waals surface area (Å²) in [6, 6.07) is 13.3. The number of carbonyl (C=O) groups is 1. The molecule has 0 heterocycles. The Labute approximate surface area is 155 Å². The predicted molar refractivity (Wildman–Crippen MR) is 105 cm³/mol. The van der Waals surface area contributed by atoms with Crippen LogP contribution >= 0.6 is 0 Å². The zero-order valence-electron chi connectivity index (χ0n) is 15.5. The number of carbonyl (C=O) groups excluding carboxylic acids is 1. The van der Waals surface area contributed by atoms with Gasteiger partial charge < -0.3 is 10.2 Å². The van der Waals surface area contributed by atoms with Crippen molar-refractivity contribution in [1.29, 1.82) is 0 Å². The smallest absolute Gasteiger partial charge is 0.255 e. The molecule has 0 aliphatic heterocycles. The molecule has 26 heavy (non-hydrogen) atoms. The summed E-state index contributed by atoms with van der Waals surface area (Å²) in [5.41, 5.74) is 2.10. The molecule has 2 N–H and O–H groups in total. The van der Waals surface area contributed by atoms with E-state index in [2.05, 4.69) is 10.0 Å². The summed E-state index contributed by atoms with van der Waals surface area (Å²) in [6.07, 6.45) is 0. The fourth-order valence-corrected chi connectivity index (χ4v) is 3.41. The second kappa shape index (κ2) is 8.33. The first-order valence-electron chi connectivity index (χ1n) is 8.37. The Morgan fingerprint density at radius 1 is 1.00 bits per heavy atom. The molecular weight excluding hydrogens is 350 g/mol. The van der Waals surface area contributed by atoms with Crippen LogP contribution in [0.5, 0.6) is 0 Å². The molecule has 140 valence electrons. The Balaban J connectivity index is 2.06. The van der Waals surface area contributed by atoms with Gasteiger partial charge in [0.2, 0.25) is 10.0 Å². The average Bonchev–Trinajstić information content (AvgIpc) is 2.60. The third kappa shape index (κ3) is 5.31. The summed E-state index contributed by atoms with van der Waals surface area (Å²) in [7, 11) is 0.331. The number of hydrogen-bond donors (Lipinski definition) is 2. The SMILES string of the molecule is CC(C)CNS(=O)(=O)c1ccc(C(=O)Nc2ccc(N(C)C)cc2)cc1. The van der Waals surface area contributed by atoms with Crippen molar-refractivity contribution < 1.29 is 13.2 Å². The van der Waals surface area contributed by atoms with E-state index < -0.39 is 10.0 Å². The summed E-state index contributed by atoms with van der Waals surface area (Å²) >= 11 is 0. The molecule has 0 unspecified atom stereocenters. The van der Waals surface area contributed by atoms with Crippen LogP contribution in [0.4, 0.5) is 11.4 Å². The fourth-order valence-electron chi connectivity index (χ4n) is 2.19. The Morgan fingerprint density at radius 3 is 2.08 bits per heavy atom. The first-order valence-corrected chi connectivity index (χ1v) is 9.86. The number of nitrogens with one attached hydrogen (secondary N) is 2. The number of anilines is 2. The maximum absolute atomic E-state index is 12.3. The molecule has 0 aliphatic carbocycles. The van der Waals surface area contributed by atoms with Crippen LogP contribution in [0.15, 0.2) is 53.4 Å². The molecular formula is C19H25N3O3S. The maximum Gasteiger partial charge on any atom is 0.255 e. The van der Waals surface area contributed by atoms with Gasteiger partial charge in [-0.2, -0.15) is 0 Å². The standard InChI is InChI=1S/C19H25N3O3S/c1-14(2)13-20-26(24,25)18-11-5-15(6-12-18)19(23)21-16-7-9-17(10-8-16)22(3)4/h5-12,14,20H,13H2,1-4H3,(H,21,23). The normalized spacial score (nSPS) is 11.4. The quantitative estimate of drug-likeness (QED) is 0.780.